The van der Waals surface area contributed by atoms with Gasteiger partial charge >= 0.3 is 0 Å². The molecule has 0 saturated heterocycles. The Balaban J connectivity index is 2.19. The van der Waals surface area contributed by atoms with Gasteiger partial charge in [0.2, 0.25) is 5.88 Å². The summed E-state index contributed by atoms with van der Waals surface area (Å²) >= 11 is 0. The molecule has 4 nitrogen and oxygen atoms in total. The SMILES string of the molecule is CCOc1cc(C(C)(C)c2cc(-c3ccnc(OC)c3C)ccc2OC(C)C)ccc1C(C)C. The minimum atomic E-state index is -0.313. The number of hydrogen-bond acceptors (Lipinski definition) is 4. The van der Waals surface area contributed by atoms with E-state index in [1.807, 2.05) is 19.9 Å². The van der Waals surface area contributed by atoms with Crippen molar-refractivity contribution in [3.05, 3.63) is 70.9 Å². The molecule has 0 spiro atoms. The standard InChI is InChI=1S/C30H39NO3/c1-10-33-28-18-23(12-13-24(28)19(2)3)30(7,8)26-17-22(11-14-27(26)34-20(4)5)25-15-16-31-29(32-9)21(25)6/h11-20H,10H2,1-9H3. The number of methoxy groups -OCH3 is 1. The molecule has 1 aromatic heterocycles. The van der Waals surface area contributed by atoms with Crippen molar-refractivity contribution in [3.63, 3.8) is 0 Å². The van der Waals surface area contributed by atoms with Crippen LogP contribution in [0.25, 0.3) is 11.1 Å². The largest absolute Gasteiger partial charge is 0.494 e. The van der Waals surface area contributed by atoms with E-state index in [0.717, 1.165) is 33.8 Å². The molecular formula is C30H39NO3. The molecule has 0 fully saturated rings. The van der Waals surface area contributed by atoms with Crippen molar-refractivity contribution in [1.29, 1.82) is 0 Å². The smallest absolute Gasteiger partial charge is 0.216 e. The van der Waals surface area contributed by atoms with Gasteiger partial charge in [-0.2, -0.15) is 0 Å². The van der Waals surface area contributed by atoms with Gasteiger partial charge in [0.25, 0.3) is 0 Å². The van der Waals surface area contributed by atoms with Crippen molar-refractivity contribution >= 4 is 0 Å². The van der Waals surface area contributed by atoms with Crippen LogP contribution < -0.4 is 14.2 Å². The number of hydrogen-bond donors (Lipinski definition) is 0. The lowest BCUT2D eigenvalue weighted by atomic mass is 9.76. The van der Waals surface area contributed by atoms with Gasteiger partial charge in [0.1, 0.15) is 11.5 Å². The van der Waals surface area contributed by atoms with Crippen LogP contribution in [-0.2, 0) is 5.41 Å². The van der Waals surface area contributed by atoms with Crippen molar-refractivity contribution in [3.8, 4) is 28.5 Å². The molecule has 0 aliphatic rings. The first-order chi connectivity index (χ1) is 16.1. The van der Waals surface area contributed by atoms with Crippen molar-refractivity contribution in [1.82, 2.24) is 4.98 Å². The highest BCUT2D eigenvalue weighted by molar-refractivity contribution is 5.71. The van der Waals surface area contributed by atoms with Crippen LogP contribution in [0.3, 0.4) is 0 Å². The van der Waals surface area contributed by atoms with E-state index in [1.165, 1.54) is 11.1 Å². The van der Waals surface area contributed by atoms with Gasteiger partial charge in [-0.25, -0.2) is 4.98 Å². The fraction of sp³-hybridized carbons (Fsp3) is 0.433. The van der Waals surface area contributed by atoms with E-state index >= 15 is 0 Å². The first-order valence-electron chi connectivity index (χ1n) is 12.2. The van der Waals surface area contributed by atoms with E-state index in [9.17, 15) is 0 Å². The van der Waals surface area contributed by atoms with Crippen LogP contribution in [0.4, 0.5) is 0 Å². The monoisotopic (exact) mass is 461 g/mol. The first kappa shape index (κ1) is 25.6. The third-order valence-electron chi connectivity index (χ3n) is 6.33. The number of nitrogens with zero attached hydrogens (tertiary/aromatic N) is 1. The fourth-order valence-corrected chi connectivity index (χ4v) is 4.41. The molecular weight excluding hydrogens is 422 g/mol. The molecule has 0 bridgehead atoms. The topological polar surface area (TPSA) is 40.6 Å². The molecule has 0 N–H and O–H groups in total. The van der Waals surface area contributed by atoms with Gasteiger partial charge in [-0.15, -0.1) is 0 Å². The summed E-state index contributed by atoms with van der Waals surface area (Å²) in [5, 5.41) is 0. The Bertz CT molecular complexity index is 1130. The second kappa shape index (κ2) is 10.5. The fourth-order valence-electron chi connectivity index (χ4n) is 4.41. The summed E-state index contributed by atoms with van der Waals surface area (Å²) in [6.07, 6.45) is 1.87. The summed E-state index contributed by atoms with van der Waals surface area (Å²) in [6.45, 7) is 17.7. The van der Waals surface area contributed by atoms with E-state index in [4.69, 9.17) is 14.2 Å². The Labute approximate surface area is 205 Å². The van der Waals surface area contributed by atoms with Crippen molar-refractivity contribution in [2.24, 2.45) is 0 Å². The first-order valence-corrected chi connectivity index (χ1v) is 12.2. The molecule has 182 valence electrons. The molecule has 0 aliphatic heterocycles. The van der Waals surface area contributed by atoms with Crippen molar-refractivity contribution < 1.29 is 14.2 Å². The van der Waals surface area contributed by atoms with Crippen LogP contribution in [-0.4, -0.2) is 24.8 Å². The van der Waals surface area contributed by atoms with Crippen LogP contribution in [0.15, 0.2) is 48.7 Å². The highest BCUT2D eigenvalue weighted by Crippen LogP contribution is 2.42. The number of aromatic nitrogens is 1. The number of benzene rings is 2. The Morgan fingerprint density at radius 3 is 2.29 bits per heavy atom. The average Bonchev–Trinajstić information content (AvgIpc) is 2.79. The lowest BCUT2D eigenvalue weighted by molar-refractivity contribution is 0.237. The molecule has 0 radical (unpaired) electrons. The van der Waals surface area contributed by atoms with Crippen LogP contribution in [0.5, 0.6) is 17.4 Å². The van der Waals surface area contributed by atoms with Gasteiger partial charge < -0.3 is 14.2 Å². The predicted molar refractivity (Wildman–Crippen MR) is 141 cm³/mol. The molecule has 34 heavy (non-hydrogen) atoms. The molecule has 3 rings (SSSR count). The third-order valence-corrected chi connectivity index (χ3v) is 6.33. The zero-order chi connectivity index (χ0) is 25.0. The zero-order valence-electron chi connectivity index (χ0n) is 22.2. The normalized spacial score (nSPS) is 11.7. The highest BCUT2D eigenvalue weighted by Gasteiger charge is 2.29. The number of pyridine rings is 1. The van der Waals surface area contributed by atoms with E-state index in [1.54, 1.807) is 13.3 Å². The van der Waals surface area contributed by atoms with Crippen LogP contribution in [0.1, 0.15) is 76.6 Å². The summed E-state index contributed by atoms with van der Waals surface area (Å²) < 4.78 is 17.8. The van der Waals surface area contributed by atoms with Crippen LogP contribution in [0, 0.1) is 6.92 Å². The third kappa shape index (κ3) is 5.22. The Morgan fingerprint density at radius 1 is 0.941 bits per heavy atom. The summed E-state index contributed by atoms with van der Waals surface area (Å²) in [7, 11) is 1.66. The van der Waals surface area contributed by atoms with Gasteiger partial charge in [0.05, 0.1) is 19.8 Å². The van der Waals surface area contributed by atoms with E-state index in [0.29, 0.717) is 18.4 Å². The molecule has 0 aliphatic carbocycles. The van der Waals surface area contributed by atoms with Gasteiger partial charge in [-0.05, 0) is 80.1 Å². The maximum Gasteiger partial charge on any atom is 0.216 e. The Morgan fingerprint density at radius 2 is 1.68 bits per heavy atom. The van der Waals surface area contributed by atoms with Crippen molar-refractivity contribution in [2.75, 3.05) is 13.7 Å². The minimum Gasteiger partial charge on any atom is -0.494 e. The molecule has 0 unspecified atom stereocenters. The van der Waals surface area contributed by atoms with Crippen molar-refractivity contribution in [2.45, 2.75) is 72.8 Å². The van der Waals surface area contributed by atoms with Gasteiger partial charge in [0.15, 0.2) is 0 Å². The van der Waals surface area contributed by atoms with Crippen LogP contribution >= 0.6 is 0 Å². The lowest BCUT2D eigenvalue weighted by Crippen LogP contribution is -2.22. The van der Waals surface area contributed by atoms with Crippen LogP contribution in [0.2, 0.25) is 0 Å². The van der Waals surface area contributed by atoms with Gasteiger partial charge in [0, 0.05) is 22.7 Å². The number of rotatable bonds is 9. The maximum absolute atomic E-state index is 6.29. The van der Waals surface area contributed by atoms with E-state index in [-0.39, 0.29) is 11.5 Å². The lowest BCUT2D eigenvalue weighted by Gasteiger charge is -2.30. The Hall–Kier alpha value is -3.01. The quantitative estimate of drug-likeness (QED) is 0.327. The Kier molecular flexibility index (Phi) is 7.91. The molecule has 0 saturated carbocycles. The average molecular weight is 462 g/mol. The van der Waals surface area contributed by atoms with E-state index < -0.39 is 0 Å². The van der Waals surface area contributed by atoms with E-state index in [2.05, 4.69) is 82.9 Å². The maximum atomic E-state index is 6.29. The van der Waals surface area contributed by atoms with Gasteiger partial charge in [-0.1, -0.05) is 45.9 Å². The zero-order valence-corrected chi connectivity index (χ0v) is 22.2. The summed E-state index contributed by atoms with van der Waals surface area (Å²) in [5.41, 5.74) is 6.47. The predicted octanol–water partition coefficient (Wildman–Crippen LogP) is 7.70. The summed E-state index contributed by atoms with van der Waals surface area (Å²) in [6, 6.07) is 15.1. The van der Waals surface area contributed by atoms with Gasteiger partial charge in [-0.3, -0.25) is 0 Å². The summed E-state index contributed by atoms with van der Waals surface area (Å²) in [4.78, 5) is 4.35. The molecule has 0 amide bonds. The molecule has 2 aromatic carbocycles. The molecule has 3 aromatic rings. The molecule has 1 heterocycles. The second-order valence-corrected chi connectivity index (χ2v) is 9.84. The number of ether oxygens (including phenoxy) is 3. The highest BCUT2D eigenvalue weighted by atomic mass is 16.5. The summed E-state index contributed by atoms with van der Waals surface area (Å²) in [5.74, 6) is 2.89. The second-order valence-electron chi connectivity index (χ2n) is 9.84. The molecule has 4 heteroatoms. The minimum absolute atomic E-state index is 0.0745. The molecule has 0 atom stereocenters.